The van der Waals surface area contributed by atoms with Crippen LogP contribution >= 0.6 is 0 Å². The lowest BCUT2D eigenvalue weighted by Crippen LogP contribution is -2.50. The Bertz CT molecular complexity index is 658. The number of aliphatic hydroxyl groups is 1. The zero-order valence-electron chi connectivity index (χ0n) is 13.2. The normalized spacial score (nSPS) is 42.9. The number of aryl methyl sites for hydroxylation is 1. The smallest absolute Gasteiger partial charge is 0.130 e. The molecule has 0 radical (unpaired) electrons. The van der Waals surface area contributed by atoms with E-state index >= 15 is 0 Å². The molecule has 2 saturated carbocycles. The van der Waals surface area contributed by atoms with Crippen molar-refractivity contribution in [3.05, 3.63) is 29.3 Å². The van der Waals surface area contributed by atoms with Crippen LogP contribution in [0.15, 0.2) is 18.2 Å². The Hall–Kier alpha value is -1.46. The van der Waals surface area contributed by atoms with Crippen LogP contribution in [0.5, 0.6) is 5.75 Å². The lowest BCUT2D eigenvalue weighted by molar-refractivity contribution is -0.0646. The van der Waals surface area contributed by atoms with Gasteiger partial charge in [-0.25, -0.2) is 0 Å². The van der Waals surface area contributed by atoms with Crippen molar-refractivity contribution in [2.75, 3.05) is 0 Å². The Morgan fingerprint density at radius 2 is 2.05 bits per heavy atom. The van der Waals surface area contributed by atoms with Gasteiger partial charge in [0.15, 0.2) is 0 Å². The van der Waals surface area contributed by atoms with Gasteiger partial charge in [0, 0.05) is 5.41 Å². The van der Waals surface area contributed by atoms with E-state index in [0.717, 1.165) is 38.5 Å². The van der Waals surface area contributed by atoms with Crippen LogP contribution in [0, 0.1) is 29.6 Å². The van der Waals surface area contributed by atoms with Crippen LogP contribution in [0.1, 0.15) is 56.1 Å². The highest BCUT2D eigenvalue weighted by Gasteiger charge is 2.61. The Kier molecular flexibility index (Phi) is 2.91. The lowest BCUT2D eigenvalue weighted by Gasteiger charge is -2.52. The molecule has 2 nitrogen and oxygen atoms in total. The predicted octanol–water partition coefficient (Wildman–Crippen LogP) is 3.61. The zero-order chi connectivity index (χ0) is 15.5. The molecule has 0 saturated heterocycles. The van der Waals surface area contributed by atoms with Gasteiger partial charge in [0.25, 0.3) is 0 Å². The fourth-order valence-corrected chi connectivity index (χ4v) is 5.82. The van der Waals surface area contributed by atoms with Crippen molar-refractivity contribution in [2.45, 2.75) is 57.0 Å². The number of fused-ring (bicyclic) bond motifs is 5. The van der Waals surface area contributed by atoms with Crippen molar-refractivity contribution in [1.82, 2.24) is 0 Å². The molecule has 116 valence electrons. The molecule has 0 aromatic heterocycles. The molecule has 1 aromatic rings. The molecule has 4 rings (SSSR count). The standard InChI is InChI=1S/C20H24O2/c1-3-20(22)11-9-18-17-6-4-13-12-14(21)5-7-15(13)16(17)8-10-19(18,20)2/h1,5,7,12,16-18,21-22H,4,6,8-11H2,2H3/t16-,17-,18+,19-,20-/m0/s1. The molecule has 0 aliphatic heterocycles. The molecule has 0 spiro atoms. The molecule has 0 unspecified atom stereocenters. The number of aromatic hydroxyl groups is 1. The summed E-state index contributed by atoms with van der Waals surface area (Å²) >= 11 is 0. The minimum atomic E-state index is -0.919. The average Bonchev–Trinajstić information content (AvgIpc) is 2.79. The summed E-state index contributed by atoms with van der Waals surface area (Å²) in [6, 6.07) is 5.87. The largest absolute Gasteiger partial charge is 0.508 e. The number of terminal acetylenes is 1. The molecular weight excluding hydrogens is 272 g/mol. The second-order valence-electron chi connectivity index (χ2n) is 7.80. The van der Waals surface area contributed by atoms with Gasteiger partial charge in [-0.3, -0.25) is 0 Å². The summed E-state index contributed by atoms with van der Waals surface area (Å²) in [4.78, 5) is 0. The predicted molar refractivity (Wildman–Crippen MR) is 86.5 cm³/mol. The van der Waals surface area contributed by atoms with Crippen LogP contribution in [0.25, 0.3) is 0 Å². The number of rotatable bonds is 0. The van der Waals surface area contributed by atoms with Crippen LogP contribution < -0.4 is 0 Å². The van der Waals surface area contributed by atoms with Gasteiger partial charge >= 0.3 is 0 Å². The molecular formula is C20H24O2. The van der Waals surface area contributed by atoms with Crippen molar-refractivity contribution in [1.29, 1.82) is 0 Å². The Morgan fingerprint density at radius 1 is 1.23 bits per heavy atom. The van der Waals surface area contributed by atoms with Crippen LogP contribution in [-0.4, -0.2) is 15.8 Å². The summed E-state index contributed by atoms with van der Waals surface area (Å²) in [7, 11) is 0. The highest BCUT2D eigenvalue weighted by Crippen LogP contribution is 2.64. The fourth-order valence-electron chi connectivity index (χ4n) is 5.82. The summed E-state index contributed by atoms with van der Waals surface area (Å²) in [5, 5.41) is 20.6. The van der Waals surface area contributed by atoms with E-state index in [4.69, 9.17) is 6.42 Å². The minimum Gasteiger partial charge on any atom is -0.508 e. The summed E-state index contributed by atoms with van der Waals surface area (Å²) in [5.41, 5.74) is 1.69. The first-order valence-electron chi connectivity index (χ1n) is 8.50. The zero-order valence-corrected chi connectivity index (χ0v) is 13.2. The number of phenols is 1. The topological polar surface area (TPSA) is 40.5 Å². The van der Waals surface area contributed by atoms with E-state index in [1.54, 1.807) is 0 Å². The third-order valence-electron chi connectivity index (χ3n) is 7.10. The Morgan fingerprint density at radius 3 is 2.82 bits per heavy atom. The second-order valence-corrected chi connectivity index (χ2v) is 7.80. The van der Waals surface area contributed by atoms with Crippen molar-refractivity contribution >= 4 is 0 Å². The van der Waals surface area contributed by atoms with Gasteiger partial charge in [0.1, 0.15) is 11.4 Å². The van der Waals surface area contributed by atoms with Crippen LogP contribution in [-0.2, 0) is 6.42 Å². The lowest BCUT2D eigenvalue weighted by atomic mass is 9.53. The van der Waals surface area contributed by atoms with Gasteiger partial charge in [-0.15, -0.1) is 6.42 Å². The average molecular weight is 296 g/mol. The van der Waals surface area contributed by atoms with Gasteiger partial charge < -0.3 is 10.2 Å². The summed E-state index contributed by atoms with van der Waals surface area (Å²) in [6.45, 7) is 2.22. The van der Waals surface area contributed by atoms with Gasteiger partial charge in [-0.1, -0.05) is 18.9 Å². The summed E-state index contributed by atoms with van der Waals surface area (Å²) in [5.74, 6) is 4.82. The maximum Gasteiger partial charge on any atom is 0.130 e. The van der Waals surface area contributed by atoms with E-state index in [-0.39, 0.29) is 5.41 Å². The quantitative estimate of drug-likeness (QED) is 0.718. The van der Waals surface area contributed by atoms with Gasteiger partial charge in [0.2, 0.25) is 0 Å². The first-order valence-corrected chi connectivity index (χ1v) is 8.50. The summed E-state index contributed by atoms with van der Waals surface area (Å²) < 4.78 is 0. The van der Waals surface area contributed by atoms with E-state index in [1.165, 1.54) is 11.1 Å². The van der Waals surface area contributed by atoms with Crippen LogP contribution in [0.2, 0.25) is 0 Å². The van der Waals surface area contributed by atoms with E-state index in [0.29, 0.717) is 23.5 Å². The number of hydrogen-bond donors (Lipinski definition) is 2. The maximum atomic E-state index is 10.9. The SMILES string of the molecule is C#C[C@]1(O)CC[C@@H]2[C@H]3CCc4cc(O)ccc4[C@@H]3CC[C@@]21C. The fraction of sp³-hybridized carbons (Fsp3) is 0.600. The Balaban J connectivity index is 1.72. The first kappa shape index (κ1) is 14.2. The maximum absolute atomic E-state index is 10.9. The molecule has 3 aliphatic rings. The van der Waals surface area contributed by atoms with Crippen molar-refractivity contribution in [3.63, 3.8) is 0 Å². The van der Waals surface area contributed by atoms with E-state index in [9.17, 15) is 10.2 Å². The highest BCUT2D eigenvalue weighted by molar-refractivity contribution is 5.40. The van der Waals surface area contributed by atoms with E-state index in [2.05, 4.69) is 18.9 Å². The third kappa shape index (κ3) is 1.66. The van der Waals surface area contributed by atoms with Gasteiger partial charge in [-0.05, 0) is 79.5 Å². The molecule has 1 aromatic carbocycles. The molecule has 3 aliphatic carbocycles. The second kappa shape index (κ2) is 4.52. The van der Waals surface area contributed by atoms with Crippen LogP contribution in [0.4, 0.5) is 0 Å². The van der Waals surface area contributed by atoms with E-state index in [1.807, 2.05) is 12.1 Å². The molecule has 0 heterocycles. The van der Waals surface area contributed by atoms with E-state index < -0.39 is 5.60 Å². The molecule has 0 amide bonds. The number of phenolic OH excluding ortho intramolecular Hbond substituents is 1. The minimum absolute atomic E-state index is 0.128. The number of hydrogen-bond acceptors (Lipinski definition) is 2. The monoisotopic (exact) mass is 296 g/mol. The Labute approximate surface area is 132 Å². The molecule has 5 atom stereocenters. The number of benzene rings is 1. The van der Waals surface area contributed by atoms with Crippen molar-refractivity contribution < 1.29 is 10.2 Å². The van der Waals surface area contributed by atoms with Crippen molar-refractivity contribution in [3.8, 4) is 18.1 Å². The van der Waals surface area contributed by atoms with Crippen LogP contribution in [0.3, 0.4) is 0 Å². The molecule has 0 bridgehead atoms. The van der Waals surface area contributed by atoms with Gasteiger partial charge in [0.05, 0.1) is 0 Å². The first-order chi connectivity index (χ1) is 10.5. The van der Waals surface area contributed by atoms with Gasteiger partial charge in [-0.2, -0.15) is 0 Å². The molecule has 2 fully saturated rings. The third-order valence-corrected chi connectivity index (χ3v) is 7.10. The molecule has 22 heavy (non-hydrogen) atoms. The summed E-state index contributed by atoms with van der Waals surface area (Å²) in [6.07, 6.45) is 11.8. The molecule has 2 heteroatoms. The molecule has 2 N–H and O–H groups in total. The highest BCUT2D eigenvalue weighted by atomic mass is 16.3. The van der Waals surface area contributed by atoms with Crippen molar-refractivity contribution in [2.24, 2.45) is 17.3 Å².